The number of carbonyl (C=O) groups excluding carboxylic acids is 1. The lowest BCUT2D eigenvalue weighted by atomic mass is 10.0. The fourth-order valence-corrected chi connectivity index (χ4v) is 1.51. The first-order valence-corrected chi connectivity index (χ1v) is 7.55. The molecular weight excluding hydrogens is 256 g/mol. The van der Waals surface area contributed by atoms with Gasteiger partial charge in [-0.3, -0.25) is 4.79 Å². The van der Waals surface area contributed by atoms with E-state index in [0.29, 0.717) is 13.2 Å². The Morgan fingerprint density at radius 1 is 1.20 bits per heavy atom. The van der Waals surface area contributed by atoms with Crippen LogP contribution in [0.25, 0.3) is 0 Å². The Morgan fingerprint density at radius 2 is 1.90 bits per heavy atom. The largest absolute Gasteiger partial charge is 0.382 e. The average molecular weight is 288 g/mol. The van der Waals surface area contributed by atoms with E-state index in [9.17, 15) is 4.79 Å². The summed E-state index contributed by atoms with van der Waals surface area (Å²) in [7, 11) is 1.67. The molecule has 5 nitrogen and oxygen atoms in total. The minimum absolute atomic E-state index is 0.0631. The maximum atomic E-state index is 11.9. The zero-order valence-corrected chi connectivity index (χ0v) is 13.8. The van der Waals surface area contributed by atoms with Gasteiger partial charge in [-0.2, -0.15) is 0 Å². The van der Waals surface area contributed by atoms with E-state index in [1.54, 1.807) is 7.11 Å². The summed E-state index contributed by atoms with van der Waals surface area (Å²) >= 11 is 0. The maximum absolute atomic E-state index is 11.9. The van der Waals surface area contributed by atoms with Crippen LogP contribution in [0.4, 0.5) is 0 Å². The smallest absolute Gasteiger partial charge is 0.237 e. The van der Waals surface area contributed by atoms with Gasteiger partial charge in [0.25, 0.3) is 0 Å². The lowest BCUT2D eigenvalue weighted by Crippen LogP contribution is -2.50. The van der Waals surface area contributed by atoms with E-state index in [-0.39, 0.29) is 17.5 Å². The van der Waals surface area contributed by atoms with Gasteiger partial charge >= 0.3 is 0 Å². The topological polar surface area (TPSA) is 59.6 Å². The SMILES string of the molecule is CCC(C)(C)NC(=O)C(C)NCCCCOCCOC. The van der Waals surface area contributed by atoms with Crippen molar-refractivity contribution in [3.05, 3.63) is 0 Å². The van der Waals surface area contributed by atoms with Crippen LogP contribution in [0.5, 0.6) is 0 Å². The lowest BCUT2D eigenvalue weighted by molar-refractivity contribution is -0.124. The van der Waals surface area contributed by atoms with Gasteiger partial charge in [0.1, 0.15) is 0 Å². The second-order valence-electron chi connectivity index (χ2n) is 5.71. The summed E-state index contributed by atoms with van der Waals surface area (Å²) in [5.41, 5.74) is -0.137. The van der Waals surface area contributed by atoms with Crippen molar-refractivity contribution in [1.29, 1.82) is 0 Å². The van der Waals surface area contributed by atoms with Crippen molar-refractivity contribution in [3.8, 4) is 0 Å². The number of hydrogen-bond donors (Lipinski definition) is 2. The molecule has 0 aliphatic rings. The Bertz CT molecular complexity index is 258. The van der Waals surface area contributed by atoms with Gasteiger partial charge < -0.3 is 20.1 Å². The summed E-state index contributed by atoms with van der Waals surface area (Å²) in [5, 5.41) is 6.28. The Hall–Kier alpha value is -0.650. The van der Waals surface area contributed by atoms with Gasteiger partial charge in [0, 0.05) is 19.3 Å². The zero-order chi connectivity index (χ0) is 15.4. The number of amides is 1. The van der Waals surface area contributed by atoms with Crippen molar-refractivity contribution >= 4 is 5.91 Å². The van der Waals surface area contributed by atoms with Gasteiger partial charge in [0.2, 0.25) is 5.91 Å². The molecule has 5 heteroatoms. The maximum Gasteiger partial charge on any atom is 0.237 e. The molecule has 0 aromatic rings. The van der Waals surface area contributed by atoms with Crippen LogP contribution in [0, 0.1) is 0 Å². The molecule has 120 valence electrons. The molecular formula is C15H32N2O3. The molecule has 0 aliphatic heterocycles. The van der Waals surface area contributed by atoms with Gasteiger partial charge in [-0.05, 0) is 46.6 Å². The Kier molecular flexibility index (Phi) is 10.7. The molecule has 0 aliphatic carbocycles. The normalized spacial score (nSPS) is 13.2. The van der Waals surface area contributed by atoms with Crippen LogP contribution in [-0.4, -0.2) is 51.0 Å². The first kappa shape index (κ1) is 19.4. The van der Waals surface area contributed by atoms with Crippen molar-refractivity contribution in [3.63, 3.8) is 0 Å². The quantitative estimate of drug-likeness (QED) is 0.537. The Labute approximate surface area is 123 Å². The summed E-state index contributed by atoms with van der Waals surface area (Å²) in [4.78, 5) is 11.9. The third kappa shape index (κ3) is 10.2. The summed E-state index contributed by atoms with van der Waals surface area (Å²) in [5.74, 6) is 0.0631. The molecule has 1 amide bonds. The third-order valence-corrected chi connectivity index (χ3v) is 3.34. The molecule has 0 aromatic carbocycles. The molecule has 0 bridgehead atoms. The second-order valence-corrected chi connectivity index (χ2v) is 5.71. The minimum atomic E-state index is -0.157. The number of hydrogen-bond acceptors (Lipinski definition) is 4. The predicted octanol–water partition coefficient (Wildman–Crippen LogP) is 1.71. The van der Waals surface area contributed by atoms with Crippen LogP contribution < -0.4 is 10.6 Å². The highest BCUT2D eigenvalue weighted by Crippen LogP contribution is 2.06. The number of carbonyl (C=O) groups is 1. The van der Waals surface area contributed by atoms with Gasteiger partial charge in [-0.15, -0.1) is 0 Å². The molecule has 0 radical (unpaired) electrons. The van der Waals surface area contributed by atoms with Gasteiger partial charge in [0.05, 0.1) is 19.3 Å². The number of nitrogens with one attached hydrogen (secondary N) is 2. The van der Waals surface area contributed by atoms with Gasteiger partial charge in [0.15, 0.2) is 0 Å². The van der Waals surface area contributed by atoms with Crippen LogP contribution in [0.15, 0.2) is 0 Å². The standard InChI is InChI=1S/C15H32N2O3/c1-6-15(3,4)17-14(18)13(2)16-9-7-8-10-20-12-11-19-5/h13,16H,6-12H2,1-5H3,(H,17,18). The number of rotatable bonds is 12. The fraction of sp³-hybridized carbons (Fsp3) is 0.933. The average Bonchev–Trinajstić information content (AvgIpc) is 2.41. The minimum Gasteiger partial charge on any atom is -0.382 e. The number of ether oxygens (including phenoxy) is 2. The van der Waals surface area contributed by atoms with Gasteiger partial charge in [-0.1, -0.05) is 6.92 Å². The van der Waals surface area contributed by atoms with Crippen molar-refractivity contribution in [2.75, 3.05) is 33.5 Å². The van der Waals surface area contributed by atoms with E-state index in [2.05, 4.69) is 17.6 Å². The Morgan fingerprint density at radius 3 is 2.50 bits per heavy atom. The molecule has 1 unspecified atom stereocenters. The van der Waals surface area contributed by atoms with Gasteiger partial charge in [-0.25, -0.2) is 0 Å². The fourth-order valence-electron chi connectivity index (χ4n) is 1.51. The lowest BCUT2D eigenvalue weighted by Gasteiger charge is -2.26. The van der Waals surface area contributed by atoms with Crippen LogP contribution in [0.2, 0.25) is 0 Å². The van der Waals surface area contributed by atoms with Crippen LogP contribution in [0.3, 0.4) is 0 Å². The van der Waals surface area contributed by atoms with Crippen molar-refractivity contribution in [2.24, 2.45) is 0 Å². The highest BCUT2D eigenvalue weighted by atomic mass is 16.5. The molecule has 0 rings (SSSR count). The van der Waals surface area contributed by atoms with Crippen LogP contribution in [0.1, 0.15) is 47.0 Å². The van der Waals surface area contributed by atoms with E-state index in [1.165, 1.54) is 0 Å². The van der Waals surface area contributed by atoms with Crippen LogP contribution >= 0.6 is 0 Å². The van der Waals surface area contributed by atoms with Crippen molar-refractivity contribution in [2.45, 2.75) is 58.5 Å². The molecule has 0 fully saturated rings. The monoisotopic (exact) mass is 288 g/mol. The second kappa shape index (κ2) is 11.1. The molecule has 2 N–H and O–H groups in total. The molecule has 1 atom stereocenters. The highest BCUT2D eigenvalue weighted by Gasteiger charge is 2.21. The van der Waals surface area contributed by atoms with Crippen molar-refractivity contribution in [1.82, 2.24) is 10.6 Å². The predicted molar refractivity (Wildman–Crippen MR) is 81.9 cm³/mol. The molecule has 20 heavy (non-hydrogen) atoms. The Balaban J connectivity index is 3.57. The third-order valence-electron chi connectivity index (χ3n) is 3.34. The summed E-state index contributed by atoms with van der Waals surface area (Å²) in [6.45, 7) is 10.9. The molecule has 0 saturated heterocycles. The summed E-state index contributed by atoms with van der Waals surface area (Å²) in [6, 6.07) is -0.157. The van der Waals surface area contributed by atoms with Crippen molar-refractivity contribution < 1.29 is 14.3 Å². The highest BCUT2D eigenvalue weighted by molar-refractivity contribution is 5.81. The van der Waals surface area contributed by atoms with Crippen LogP contribution in [-0.2, 0) is 14.3 Å². The molecule has 0 spiro atoms. The van der Waals surface area contributed by atoms with E-state index in [4.69, 9.17) is 9.47 Å². The van der Waals surface area contributed by atoms with E-state index < -0.39 is 0 Å². The number of unbranched alkanes of at least 4 members (excludes halogenated alkanes) is 1. The first-order chi connectivity index (χ1) is 9.43. The molecule has 0 aromatic heterocycles. The molecule has 0 heterocycles. The van der Waals surface area contributed by atoms with E-state index in [0.717, 1.165) is 32.4 Å². The molecule has 0 saturated carbocycles. The summed E-state index contributed by atoms with van der Waals surface area (Å²) in [6.07, 6.45) is 2.91. The number of methoxy groups -OCH3 is 1. The van der Waals surface area contributed by atoms with E-state index >= 15 is 0 Å². The van der Waals surface area contributed by atoms with E-state index in [1.807, 2.05) is 20.8 Å². The zero-order valence-electron chi connectivity index (χ0n) is 13.8. The first-order valence-electron chi connectivity index (χ1n) is 7.55. The summed E-state index contributed by atoms with van der Waals surface area (Å²) < 4.78 is 10.3.